The Bertz CT molecular complexity index is 507. The van der Waals surface area contributed by atoms with Crippen LogP contribution in [0.5, 0.6) is 0 Å². The normalized spacial score (nSPS) is 32.1. The molecule has 2 aliphatic heterocycles. The molecule has 4 heteroatoms. The molecule has 0 aromatic rings. The number of nitrogens with two attached hydrogens (primary N) is 1. The highest BCUT2D eigenvalue weighted by Crippen LogP contribution is 2.50. The summed E-state index contributed by atoms with van der Waals surface area (Å²) >= 11 is 1.78. The molecule has 1 fully saturated rings. The van der Waals surface area contributed by atoms with Gasteiger partial charge in [0.1, 0.15) is 0 Å². The molecule has 1 unspecified atom stereocenters. The van der Waals surface area contributed by atoms with Crippen molar-refractivity contribution in [1.82, 2.24) is 0 Å². The molecule has 2 rings (SSSR count). The van der Waals surface area contributed by atoms with E-state index < -0.39 is 0 Å². The van der Waals surface area contributed by atoms with Gasteiger partial charge in [0, 0.05) is 17.1 Å². The fourth-order valence-corrected chi connectivity index (χ4v) is 5.22. The third kappa shape index (κ3) is 3.25. The molecule has 0 spiro atoms. The van der Waals surface area contributed by atoms with E-state index in [0.29, 0.717) is 11.7 Å². The van der Waals surface area contributed by atoms with Crippen LogP contribution in [0.4, 0.5) is 0 Å². The van der Waals surface area contributed by atoms with E-state index in [-0.39, 0.29) is 28.3 Å². The van der Waals surface area contributed by atoms with Crippen molar-refractivity contribution in [2.75, 3.05) is 0 Å². The van der Waals surface area contributed by atoms with Gasteiger partial charge in [-0.25, -0.2) is 0 Å². The predicted molar refractivity (Wildman–Crippen MR) is 88.0 cm³/mol. The molecule has 21 heavy (non-hydrogen) atoms. The molecule has 3 nitrogen and oxygen atoms in total. The smallest absolute Gasteiger partial charge is 0.217 e. The zero-order valence-electron chi connectivity index (χ0n) is 13.1. The molecule has 0 aromatic heterocycles. The summed E-state index contributed by atoms with van der Waals surface area (Å²) in [4.78, 5) is 23.7. The van der Waals surface area contributed by atoms with E-state index >= 15 is 0 Å². The zero-order chi connectivity index (χ0) is 15.8. The Kier molecular flexibility index (Phi) is 4.66. The molecule has 3 atom stereocenters. The van der Waals surface area contributed by atoms with Gasteiger partial charge in [0.05, 0.1) is 5.25 Å². The number of carbonyl (C=O) groups is 2. The number of ketones is 1. The molecule has 2 N–H and O–H groups in total. The average molecular weight is 307 g/mol. The van der Waals surface area contributed by atoms with Crippen molar-refractivity contribution in [1.29, 1.82) is 0 Å². The highest BCUT2D eigenvalue weighted by atomic mass is 32.2. The largest absolute Gasteiger partial charge is 0.370 e. The summed E-state index contributed by atoms with van der Waals surface area (Å²) < 4.78 is 0. The molecule has 0 aliphatic carbocycles. The van der Waals surface area contributed by atoms with Gasteiger partial charge in [0.25, 0.3) is 0 Å². The van der Waals surface area contributed by atoms with Crippen molar-refractivity contribution in [3.8, 4) is 0 Å². The summed E-state index contributed by atoms with van der Waals surface area (Å²) in [5.41, 5.74) is 7.39. The molecule has 1 amide bonds. The second-order valence-electron chi connectivity index (χ2n) is 6.82. The first-order valence-electron chi connectivity index (χ1n) is 7.57. The lowest BCUT2D eigenvalue weighted by Gasteiger charge is -2.32. The van der Waals surface area contributed by atoms with Crippen LogP contribution in [0, 0.1) is 11.3 Å². The molecule has 116 valence electrons. The highest BCUT2D eigenvalue weighted by molar-refractivity contribution is 8.01. The number of carbonyl (C=O) groups excluding carboxylic acids is 2. The fraction of sp³-hybridized carbons (Fsp3) is 0.647. The summed E-state index contributed by atoms with van der Waals surface area (Å²) in [7, 11) is 0. The van der Waals surface area contributed by atoms with Gasteiger partial charge in [0.15, 0.2) is 5.78 Å². The van der Waals surface area contributed by atoms with Gasteiger partial charge in [-0.15, -0.1) is 11.8 Å². The Labute approximate surface area is 131 Å². The van der Waals surface area contributed by atoms with Crippen molar-refractivity contribution in [2.24, 2.45) is 17.1 Å². The van der Waals surface area contributed by atoms with E-state index in [0.717, 1.165) is 30.4 Å². The van der Waals surface area contributed by atoms with Crippen LogP contribution in [0.15, 0.2) is 23.8 Å². The number of primary amides is 1. The number of rotatable bonds is 3. The summed E-state index contributed by atoms with van der Waals surface area (Å²) in [6, 6.07) is 0. The second kappa shape index (κ2) is 5.99. The maximum Gasteiger partial charge on any atom is 0.217 e. The van der Waals surface area contributed by atoms with Gasteiger partial charge in [-0.2, -0.15) is 0 Å². The van der Waals surface area contributed by atoms with Crippen LogP contribution in [0.2, 0.25) is 0 Å². The van der Waals surface area contributed by atoms with Gasteiger partial charge in [-0.05, 0) is 38.2 Å². The molecule has 2 aliphatic rings. The van der Waals surface area contributed by atoms with E-state index in [2.05, 4.69) is 20.4 Å². The quantitative estimate of drug-likeness (QED) is 0.814. The molecule has 2 heterocycles. The average Bonchev–Trinajstić information content (AvgIpc) is 2.56. The van der Waals surface area contributed by atoms with E-state index in [9.17, 15) is 9.59 Å². The standard InChI is InChI=1S/C17H25NO2S/c1-10-9-13(19)16-17(3,4)11(2)5-7-14(21-16)12(10)6-8-15(18)20/h9,12,14,16H,2,5-8H2,1,3-4H3,(H2,18,20)/t12-,14-,16?/m1/s1. The number of fused-ring (bicyclic) bond motifs is 2. The molecular formula is C17H25NO2S. The van der Waals surface area contributed by atoms with Crippen LogP contribution in [0.25, 0.3) is 0 Å². The van der Waals surface area contributed by atoms with Crippen LogP contribution in [-0.2, 0) is 9.59 Å². The number of allylic oxidation sites excluding steroid dienone is 3. The van der Waals surface area contributed by atoms with Crippen molar-refractivity contribution in [2.45, 2.75) is 57.0 Å². The van der Waals surface area contributed by atoms with Crippen LogP contribution in [-0.4, -0.2) is 22.2 Å². The molecule has 1 saturated heterocycles. The topological polar surface area (TPSA) is 60.2 Å². The minimum Gasteiger partial charge on any atom is -0.370 e. The minimum absolute atomic E-state index is 0.0639. The molecule has 0 aromatic carbocycles. The van der Waals surface area contributed by atoms with E-state index in [4.69, 9.17) is 5.73 Å². The lowest BCUT2D eigenvalue weighted by molar-refractivity contribution is -0.118. The first kappa shape index (κ1) is 16.3. The highest BCUT2D eigenvalue weighted by Gasteiger charge is 2.44. The monoisotopic (exact) mass is 307 g/mol. The summed E-state index contributed by atoms with van der Waals surface area (Å²) in [5, 5.41) is 0.307. The van der Waals surface area contributed by atoms with Crippen LogP contribution in [0.3, 0.4) is 0 Å². The maximum absolute atomic E-state index is 12.6. The lowest BCUT2D eigenvalue weighted by atomic mass is 9.76. The van der Waals surface area contributed by atoms with E-state index in [1.54, 1.807) is 17.8 Å². The van der Waals surface area contributed by atoms with Crippen molar-refractivity contribution in [3.05, 3.63) is 23.8 Å². The van der Waals surface area contributed by atoms with Gasteiger partial charge >= 0.3 is 0 Å². The van der Waals surface area contributed by atoms with Crippen molar-refractivity contribution in [3.63, 3.8) is 0 Å². The summed E-state index contributed by atoms with van der Waals surface area (Å²) in [6.07, 6.45) is 4.89. The first-order valence-corrected chi connectivity index (χ1v) is 8.52. The van der Waals surface area contributed by atoms with Crippen molar-refractivity contribution >= 4 is 23.5 Å². The molecular weight excluding hydrogens is 282 g/mol. The third-order valence-electron chi connectivity index (χ3n) is 4.97. The van der Waals surface area contributed by atoms with Gasteiger partial charge < -0.3 is 5.73 Å². The van der Waals surface area contributed by atoms with Crippen LogP contribution < -0.4 is 5.73 Å². The summed E-state index contributed by atoms with van der Waals surface area (Å²) in [5.74, 6) is 0.188. The Balaban J connectivity index is 2.33. The number of thioether (sulfide) groups is 1. The molecule has 2 bridgehead atoms. The Morgan fingerprint density at radius 2 is 2.19 bits per heavy atom. The molecule has 0 radical (unpaired) electrons. The van der Waals surface area contributed by atoms with E-state index in [1.807, 2.05) is 6.92 Å². The summed E-state index contributed by atoms with van der Waals surface area (Å²) in [6.45, 7) is 10.5. The van der Waals surface area contributed by atoms with Gasteiger partial charge in [0.2, 0.25) is 5.91 Å². The van der Waals surface area contributed by atoms with E-state index in [1.165, 1.54) is 0 Å². The number of hydrogen-bond acceptors (Lipinski definition) is 3. The Morgan fingerprint density at radius 3 is 2.81 bits per heavy atom. The molecule has 0 saturated carbocycles. The van der Waals surface area contributed by atoms with Crippen LogP contribution in [0.1, 0.15) is 46.5 Å². The second-order valence-corrected chi connectivity index (χ2v) is 8.17. The van der Waals surface area contributed by atoms with Gasteiger partial charge in [-0.1, -0.05) is 31.6 Å². The lowest BCUT2D eigenvalue weighted by Crippen LogP contribution is -2.33. The third-order valence-corrected chi connectivity index (χ3v) is 6.98. The number of amides is 1. The van der Waals surface area contributed by atoms with Gasteiger partial charge in [-0.3, -0.25) is 9.59 Å². The zero-order valence-corrected chi connectivity index (χ0v) is 14.0. The predicted octanol–water partition coefficient (Wildman–Crippen LogP) is 3.24. The Morgan fingerprint density at radius 1 is 1.52 bits per heavy atom. The minimum atomic E-state index is -0.265. The number of hydrogen-bond donors (Lipinski definition) is 1. The fourth-order valence-electron chi connectivity index (χ4n) is 3.37. The SMILES string of the molecule is C=C1CC[C@H]2SC(C(=O)C=C(C)[C@H]2CCC(N)=O)C1(C)C. The first-order chi connectivity index (χ1) is 9.73. The van der Waals surface area contributed by atoms with Crippen LogP contribution >= 0.6 is 11.8 Å². The maximum atomic E-state index is 12.6. The van der Waals surface area contributed by atoms with Crippen molar-refractivity contribution < 1.29 is 9.59 Å². The Hall–Kier alpha value is -1.03.